The summed E-state index contributed by atoms with van der Waals surface area (Å²) in [6.45, 7) is 4.37. The fraction of sp³-hybridized carbons (Fsp3) is 0.542. The second-order valence-electron chi connectivity index (χ2n) is 8.36. The Morgan fingerprint density at radius 1 is 1.21 bits per heavy atom. The zero-order valence-corrected chi connectivity index (χ0v) is 20.3. The van der Waals surface area contributed by atoms with E-state index in [0.717, 1.165) is 25.7 Å². The van der Waals surface area contributed by atoms with E-state index in [9.17, 15) is 14.4 Å². The summed E-state index contributed by atoms with van der Waals surface area (Å²) in [6.07, 6.45) is 5.66. The smallest absolute Gasteiger partial charge is 0.239 e. The summed E-state index contributed by atoms with van der Waals surface area (Å²) >= 11 is 6.47. The maximum absolute atomic E-state index is 13.8. The number of halogens is 1. The predicted octanol–water partition coefficient (Wildman–Crippen LogP) is 3.45. The molecule has 1 spiro atoms. The minimum Gasteiger partial charge on any atom is -0.496 e. The van der Waals surface area contributed by atoms with Crippen LogP contribution < -0.4 is 24.8 Å². The van der Waals surface area contributed by atoms with Gasteiger partial charge in [0.1, 0.15) is 22.1 Å². The minimum absolute atomic E-state index is 0.0947. The van der Waals surface area contributed by atoms with Gasteiger partial charge in [0.15, 0.2) is 11.5 Å². The van der Waals surface area contributed by atoms with E-state index in [-0.39, 0.29) is 58.2 Å². The van der Waals surface area contributed by atoms with Crippen LogP contribution in [0.2, 0.25) is 5.02 Å². The number of hydrogen-bond acceptors (Lipinski definition) is 7. The first-order valence-electron chi connectivity index (χ1n) is 11.2. The fourth-order valence-electron chi connectivity index (χ4n) is 4.34. The quantitative estimate of drug-likeness (QED) is 0.496. The van der Waals surface area contributed by atoms with Gasteiger partial charge >= 0.3 is 0 Å². The molecule has 0 saturated heterocycles. The number of Topliss-reactive ketones (excluding diaryl/α,β-unsaturated/α-hetero) is 1. The van der Waals surface area contributed by atoms with Gasteiger partial charge in [0, 0.05) is 31.0 Å². The third-order valence-electron chi connectivity index (χ3n) is 6.12. The van der Waals surface area contributed by atoms with Crippen LogP contribution in [0, 0.1) is 5.92 Å². The monoisotopic (exact) mass is 478 g/mol. The van der Waals surface area contributed by atoms with Crippen LogP contribution in [0.25, 0.3) is 0 Å². The van der Waals surface area contributed by atoms with Crippen molar-refractivity contribution in [1.82, 2.24) is 10.6 Å². The first-order chi connectivity index (χ1) is 15.8. The number of ketones is 2. The molecule has 0 radical (unpaired) electrons. The highest BCUT2D eigenvalue weighted by Gasteiger charge is 2.58. The Morgan fingerprint density at radius 2 is 1.94 bits per heavy atom. The van der Waals surface area contributed by atoms with Gasteiger partial charge in [-0.2, -0.15) is 0 Å². The highest BCUT2D eigenvalue weighted by molar-refractivity contribution is 6.35. The van der Waals surface area contributed by atoms with Crippen molar-refractivity contribution in [2.45, 2.75) is 51.6 Å². The Hall–Kier alpha value is -2.74. The topological polar surface area (TPSA) is 103 Å². The molecule has 0 bridgehead atoms. The number of amides is 1. The molecule has 2 aliphatic rings. The number of ether oxygens (including phenoxy) is 3. The normalized spacial score (nSPS) is 21.4. The fourth-order valence-corrected chi connectivity index (χ4v) is 4.61. The molecule has 180 valence electrons. The van der Waals surface area contributed by atoms with Crippen LogP contribution in [0.1, 0.15) is 56.3 Å². The maximum Gasteiger partial charge on any atom is 0.239 e. The van der Waals surface area contributed by atoms with E-state index >= 15 is 0 Å². The molecule has 3 rings (SSSR count). The van der Waals surface area contributed by atoms with E-state index in [1.165, 1.54) is 26.4 Å². The van der Waals surface area contributed by atoms with Crippen molar-refractivity contribution in [3.63, 3.8) is 0 Å². The molecule has 1 aromatic carbocycles. The molecular formula is C24H31ClN2O6. The van der Waals surface area contributed by atoms with Gasteiger partial charge < -0.3 is 24.8 Å². The summed E-state index contributed by atoms with van der Waals surface area (Å²) < 4.78 is 16.9. The largest absolute Gasteiger partial charge is 0.496 e. The molecule has 1 amide bonds. The molecule has 0 saturated carbocycles. The number of benzene rings is 1. The minimum atomic E-state index is -1.51. The van der Waals surface area contributed by atoms with Gasteiger partial charge in [-0.3, -0.25) is 14.4 Å². The lowest BCUT2D eigenvalue weighted by Crippen LogP contribution is -2.55. The SMILES string of the molecule is CCCCCCNC(=O)CNC1=CC(=O)C[C@@H](C)[C@]12Oc1c(Cl)c(OC)cc(OC)c1C2=O. The van der Waals surface area contributed by atoms with Crippen molar-refractivity contribution in [3.8, 4) is 17.2 Å². The molecule has 0 unspecified atom stereocenters. The van der Waals surface area contributed by atoms with Crippen molar-refractivity contribution in [2.75, 3.05) is 27.3 Å². The molecule has 0 aromatic heterocycles. The van der Waals surface area contributed by atoms with Crippen LogP contribution in [-0.2, 0) is 9.59 Å². The second kappa shape index (κ2) is 10.5. The number of carbonyl (C=O) groups excluding carboxylic acids is 3. The molecule has 1 aliphatic heterocycles. The van der Waals surface area contributed by atoms with Crippen LogP contribution in [0.3, 0.4) is 0 Å². The third-order valence-corrected chi connectivity index (χ3v) is 6.48. The van der Waals surface area contributed by atoms with Crippen molar-refractivity contribution >= 4 is 29.1 Å². The summed E-state index contributed by atoms with van der Waals surface area (Å²) in [5.41, 5.74) is -1.08. The molecule has 9 heteroatoms. The Morgan fingerprint density at radius 3 is 2.61 bits per heavy atom. The van der Waals surface area contributed by atoms with Crippen LogP contribution in [0.4, 0.5) is 0 Å². The molecule has 2 N–H and O–H groups in total. The molecular weight excluding hydrogens is 448 g/mol. The lowest BCUT2D eigenvalue weighted by Gasteiger charge is -2.38. The van der Waals surface area contributed by atoms with Crippen LogP contribution in [-0.4, -0.2) is 50.4 Å². The molecule has 33 heavy (non-hydrogen) atoms. The summed E-state index contributed by atoms with van der Waals surface area (Å²) in [5.74, 6) is -0.544. The van der Waals surface area contributed by atoms with Gasteiger partial charge in [-0.1, -0.05) is 44.7 Å². The Kier molecular flexibility index (Phi) is 7.89. The van der Waals surface area contributed by atoms with Crippen LogP contribution in [0.5, 0.6) is 17.2 Å². The predicted molar refractivity (Wildman–Crippen MR) is 124 cm³/mol. The Bertz CT molecular complexity index is 976. The number of carbonyl (C=O) groups is 3. The lowest BCUT2D eigenvalue weighted by atomic mass is 9.74. The molecule has 2 atom stereocenters. The van der Waals surface area contributed by atoms with Gasteiger partial charge in [0.05, 0.1) is 26.5 Å². The standard InChI is InChI=1S/C24H31ClN2O6/c1-5-6-7-8-9-26-19(29)13-27-18-11-15(28)10-14(2)24(18)23(30)20-16(31-3)12-17(32-4)21(25)22(20)33-24/h11-12,14,27H,5-10,13H2,1-4H3,(H,26,29)/t14-,24+/m1/s1. The maximum atomic E-state index is 13.8. The lowest BCUT2D eigenvalue weighted by molar-refractivity contribution is -0.121. The third kappa shape index (κ3) is 4.67. The summed E-state index contributed by atoms with van der Waals surface area (Å²) in [4.78, 5) is 38.5. The highest BCUT2D eigenvalue weighted by Crippen LogP contribution is 2.53. The van der Waals surface area contributed by atoms with Crippen LogP contribution >= 0.6 is 11.6 Å². The Labute approximate surface area is 199 Å². The van der Waals surface area contributed by atoms with E-state index in [4.69, 9.17) is 25.8 Å². The zero-order chi connectivity index (χ0) is 24.2. The number of unbranched alkanes of at least 4 members (excludes halogenated alkanes) is 3. The number of rotatable bonds is 10. The second-order valence-corrected chi connectivity index (χ2v) is 8.74. The number of fused-ring (bicyclic) bond motifs is 1. The first kappa shape index (κ1) is 24.9. The molecule has 1 aromatic rings. The van der Waals surface area contributed by atoms with Crippen molar-refractivity contribution in [1.29, 1.82) is 0 Å². The van der Waals surface area contributed by atoms with E-state index in [1.54, 1.807) is 6.92 Å². The highest BCUT2D eigenvalue weighted by atomic mass is 35.5. The van der Waals surface area contributed by atoms with Gasteiger partial charge in [-0.15, -0.1) is 0 Å². The Balaban J connectivity index is 1.86. The summed E-state index contributed by atoms with van der Waals surface area (Å²) in [7, 11) is 2.89. The summed E-state index contributed by atoms with van der Waals surface area (Å²) in [5, 5.41) is 5.99. The average Bonchev–Trinajstić information content (AvgIpc) is 3.10. The van der Waals surface area contributed by atoms with E-state index in [0.29, 0.717) is 12.3 Å². The number of methoxy groups -OCH3 is 2. The van der Waals surface area contributed by atoms with Crippen molar-refractivity contribution in [3.05, 3.63) is 28.4 Å². The molecule has 8 nitrogen and oxygen atoms in total. The van der Waals surface area contributed by atoms with Gasteiger partial charge in [0.2, 0.25) is 17.3 Å². The number of allylic oxidation sites excluding steroid dienone is 1. The molecule has 1 heterocycles. The average molecular weight is 479 g/mol. The van der Waals surface area contributed by atoms with Crippen molar-refractivity contribution in [2.24, 2.45) is 5.92 Å². The first-order valence-corrected chi connectivity index (χ1v) is 11.6. The number of hydrogen-bond donors (Lipinski definition) is 2. The van der Waals surface area contributed by atoms with Gasteiger partial charge in [0.25, 0.3) is 0 Å². The van der Waals surface area contributed by atoms with E-state index < -0.39 is 11.5 Å². The van der Waals surface area contributed by atoms with E-state index in [2.05, 4.69) is 17.6 Å². The molecule has 0 fully saturated rings. The van der Waals surface area contributed by atoms with Gasteiger partial charge in [-0.25, -0.2) is 0 Å². The molecule has 1 aliphatic carbocycles. The van der Waals surface area contributed by atoms with Gasteiger partial charge in [-0.05, 0) is 6.42 Å². The zero-order valence-electron chi connectivity index (χ0n) is 19.5. The van der Waals surface area contributed by atoms with E-state index in [1.807, 2.05) is 0 Å². The number of nitrogens with one attached hydrogen (secondary N) is 2. The van der Waals surface area contributed by atoms with Crippen molar-refractivity contribution < 1.29 is 28.6 Å². The summed E-state index contributed by atoms with van der Waals surface area (Å²) in [6, 6.07) is 1.53. The van der Waals surface area contributed by atoms with Crippen LogP contribution in [0.15, 0.2) is 17.8 Å².